The third kappa shape index (κ3) is 3.91. The number of hydrogen-bond donors (Lipinski definition) is 2. The second kappa shape index (κ2) is 7.65. The molecule has 2 heterocycles. The number of aromatic nitrogens is 1. The van der Waals surface area contributed by atoms with Gasteiger partial charge in [-0.25, -0.2) is 9.78 Å². The average molecular weight is 417 g/mol. The number of imide groups is 1. The normalized spacial score (nSPS) is 12.9. The minimum Gasteiger partial charge on any atom is -0.338 e. The van der Waals surface area contributed by atoms with Crippen molar-refractivity contribution >= 4 is 39.6 Å². The average Bonchev–Trinajstić information content (AvgIpc) is 2.84. The lowest BCUT2D eigenvalue weighted by Crippen LogP contribution is -2.35. The van der Waals surface area contributed by atoms with Crippen molar-refractivity contribution < 1.29 is 14.4 Å². The summed E-state index contributed by atoms with van der Waals surface area (Å²) in [5.41, 5.74) is 1.82. The molecule has 1 aliphatic rings. The molecule has 0 saturated heterocycles. The van der Waals surface area contributed by atoms with Crippen molar-refractivity contribution in [1.29, 1.82) is 0 Å². The summed E-state index contributed by atoms with van der Waals surface area (Å²) in [6, 6.07) is 8.20. The number of nitrogens with zero attached hydrogens (tertiary/aromatic N) is 2. The number of benzene rings is 1. The number of carbonyl (C=O) groups excluding carboxylic acids is 3. The number of pyridine rings is 1. The van der Waals surface area contributed by atoms with Crippen LogP contribution < -0.4 is 10.6 Å². The largest absolute Gasteiger partial charge is 0.338 e. The highest BCUT2D eigenvalue weighted by Crippen LogP contribution is 2.25. The maximum Gasteiger partial charge on any atom is 0.320 e. The summed E-state index contributed by atoms with van der Waals surface area (Å²) in [7, 11) is 0. The molecule has 0 aliphatic carbocycles. The number of halogens is 1. The maximum atomic E-state index is 12.3. The Labute approximate surface area is 158 Å². The Morgan fingerprint density at radius 2 is 1.92 bits per heavy atom. The Bertz CT molecular complexity index is 867. The minimum atomic E-state index is -0.382. The molecule has 1 aromatic carbocycles. The maximum absolute atomic E-state index is 12.3. The lowest BCUT2D eigenvalue weighted by Gasteiger charge is -2.14. The van der Waals surface area contributed by atoms with E-state index >= 15 is 0 Å². The third-order valence-electron chi connectivity index (χ3n) is 3.93. The first-order valence-electron chi connectivity index (χ1n) is 8.09. The number of nitrogens with one attached hydrogen (secondary N) is 2. The predicted molar refractivity (Wildman–Crippen MR) is 100 cm³/mol. The van der Waals surface area contributed by atoms with Gasteiger partial charge < -0.3 is 5.32 Å². The van der Waals surface area contributed by atoms with E-state index in [1.165, 1.54) is 4.90 Å². The highest BCUT2D eigenvalue weighted by Gasteiger charge is 2.34. The van der Waals surface area contributed by atoms with Crippen LogP contribution in [0, 0.1) is 6.92 Å². The van der Waals surface area contributed by atoms with Gasteiger partial charge in [-0.05, 0) is 43.2 Å². The van der Waals surface area contributed by atoms with Gasteiger partial charge in [0, 0.05) is 23.8 Å². The van der Waals surface area contributed by atoms with E-state index in [9.17, 15) is 14.4 Å². The van der Waals surface area contributed by atoms with Crippen molar-refractivity contribution in [3.05, 3.63) is 57.7 Å². The second-order valence-corrected chi connectivity index (χ2v) is 6.82. The van der Waals surface area contributed by atoms with E-state index < -0.39 is 0 Å². The fourth-order valence-corrected chi connectivity index (χ4v) is 2.97. The van der Waals surface area contributed by atoms with Crippen LogP contribution in [0.4, 0.5) is 10.6 Å². The first-order valence-corrected chi connectivity index (χ1v) is 8.88. The number of hydrogen-bond acceptors (Lipinski definition) is 4. The third-order valence-corrected chi connectivity index (χ3v) is 4.42. The summed E-state index contributed by atoms with van der Waals surface area (Å²) in [4.78, 5) is 41.7. The molecule has 0 radical (unpaired) electrons. The predicted octanol–water partition coefficient (Wildman–Crippen LogP) is 2.96. The van der Waals surface area contributed by atoms with Crippen LogP contribution in [0.5, 0.6) is 0 Å². The van der Waals surface area contributed by atoms with Crippen LogP contribution >= 0.6 is 15.9 Å². The zero-order chi connectivity index (χ0) is 18.7. The monoisotopic (exact) mass is 416 g/mol. The SMILES string of the molecule is Cc1ccc(NC(=O)NCCCN2C(=O)c3ccc(Br)cc3C2=O)nc1. The first-order chi connectivity index (χ1) is 12.5. The molecule has 0 spiro atoms. The molecule has 4 amide bonds. The molecule has 134 valence electrons. The number of fused-ring (bicyclic) bond motifs is 1. The molecule has 2 N–H and O–H groups in total. The van der Waals surface area contributed by atoms with Crippen LogP contribution in [-0.2, 0) is 0 Å². The summed E-state index contributed by atoms with van der Waals surface area (Å²) in [5.74, 6) is -0.149. The van der Waals surface area contributed by atoms with Gasteiger partial charge in [0.15, 0.2) is 0 Å². The molecule has 0 saturated carbocycles. The molecular weight excluding hydrogens is 400 g/mol. The summed E-state index contributed by atoms with van der Waals surface area (Å²) < 4.78 is 0.752. The van der Waals surface area contributed by atoms with E-state index in [0.29, 0.717) is 29.9 Å². The quantitative estimate of drug-likeness (QED) is 0.578. The van der Waals surface area contributed by atoms with Crippen LogP contribution in [0.3, 0.4) is 0 Å². The highest BCUT2D eigenvalue weighted by molar-refractivity contribution is 9.10. The summed E-state index contributed by atoms with van der Waals surface area (Å²) in [6.45, 7) is 2.48. The molecule has 3 rings (SSSR count). The smallest absolute Gasteiger partial charge is 0.320 e. The number of amides is 4. The fourth-order valence-electron chi connectivity index (χ4n) is 2.61. The van der Waals surface area contributed by atoms with Gasteiger partial charge in [0.2, 0.25) is 0 Å². The zero-order valence-electron chi connectivity index (χ0n) is 14.1. The lowest BCUT2D eigenvalue weighted by molar-refractivity contribution is 0.0653. The van der Waals surface area contributed by atoms with Crippen molar-refractivity contribution in [1.82, 2.24) is 15.2 Å². The molecule has 0 unspecified atom stereocenters. The van der Waals surface area contributed by atoms with Gasteiger partial charge in [0.25, 0.3) is 11.8 Å². The minimum absolute atomic E-state index is 0.243. The molecule has 1 aromatic heterocycles. The van der Waals surface area contributed by atoms with Crippen molar-refractivity contribution in [2.24, 2.45) is 0 Å². The Hall–Kier alpha value is -2.74. The van der Waals surface area contributed by atoms with E-state index in [2.05, 4.69) is 31.5 Å². The number of urea groups is 1. The molecule has 0 fully saturated rings. The van der Waals surface area contributed by atoms with Crippen molar-refractivity contribution in [3.8, 4) is 0 Å². The first kappa shape index (κ1) is 18.1. The molecule has 7 nitrogen and oxygen atoms in total. The van der Waals surface area contributed by atoms with Gasteiger partial charge in [-0.1, -0.05) is 22.0 Å². The van der Waals surface area contributed by atoms with Crippen molar-refractivity contribution in [2.45, 2.75) is 13.3 Å². The van der Waals surface area contributed by atoms with Crippen molar-refractivity contribution in [2.75, 3.05) is 18.4 Å². The molecule has 2 aromatic rings. The van der Waals surface area contributed by atoms with E-state index in [4.69, 9.17) is 0 Å². The standard InChI is InChI=1S/C18H17BrN4O3/c1-11-3-6-15(21-10-11)22-18(26)20-7-2-8-23-16(24)13-5-4-12(19)9-14(13)17(23)25/h3-6,9-10H,2,7-8H2,1H3,(H2,20,21,22,26). The van der Waals surface area contributed by atoms with Gasteiger partial charge in [0.1, 0.15) is 5.82 Å². The molecule has 0 bridgehead atoms. The van der Waals surface area contributed by atoms with E-state index in [0.717, 1.165) is 10.0 Å². The summed E-state index contributed by atoms with van der Waals surface area (Å²) >= 11 is 3.30. The Balaban J connectivity index is 1.47. The lowest BCUT2D eigenvalue weighted by atomic mass is 10.1. The Morgan fingerprint density at radius 3 is 2.65 bits per heavy atom. The van der Waals surface area contributed by atoms with Crippen LogP contribution in [0.1, 0.15) is 32.7 Å². The van der Waals surface area contributed by atoms with E-state index in [-0.39, 0.29) is 24.4 Å². The van der Waals surface area contributed by atoms with E-state index in [1.54, 1.807) is 30.5 Å². The Kier molecular flexibility index (Phi) is 5.32. The molecule has 8 heteroatoms. The van der Waals surface area contributed by atoms with E-state index in [1.807, 2.05) is 13.0 Å². The second-order valence-electron chi connectivity index (χ2n) is 5.91. The van der Waals surface area contributed by atoms with Gasteiger partial charge in [-0.3, -0.25) is 19.8 Å². The van der Waals surface area contributed by atoms with Gasteiger partial charge >= 0.3 is 6.03 Å². The van der Waals surface area contributed by atoms with Crippen LogP contribution in [0.15, 0.2) is 41.0 Å². The number of aryl methyl sites for hydroxylation is 1. The number of anilines is 1. The molecule has 0 atom stereocenters. The number of rotatable bonds is 5. The van der Waals surface area contributed by atoms with Gasteiger partial charge in [-0.15, -0.1) is 0 Å². The van der Waals surface area contributed by atoms with Gasteiger partial charge in [-0.2, -0.15) is 0 Å². The summed E-state index contributed by atoms with van der Waals surface area (Å²) in [6.07, 6.45) is 2.12. The topological polar surface area (TPSA) is 91.4 Å². The highest BCUT2D eigenvalue weighted by atomic mass is 79.9. The van der Waals surface area contributed by atoms with Crippen LogP contribution in [0.2, 0.25) is 0 Å². The molecular formula is C18H17BrN4O3. The number of carbonyl (C=O) groups is 3. The summed E-state index contributed by atoms with van der Waals surface area (Å²) in [5, 5.41) is 5.30. The van der Waals surface area contributed by atoms with Crippen LogP contribution in [0.25, 0.3) is 0 Å². The zero-order valence-corrected chi connectivity index (χ0v) is 15.7. The van der Waals surface area contributed by atoms with Gasteiger partial charge in [0.05, 0.1) is 11.1 Å². The molecule has 26 heavy (non-hydrogen) atoms. The molecule has 1 aliphatic heterocycles. The Morgan fingerprint density at radius 1 is 1.15 bits per heavy atom. The van der Waals surface area contributed by atoms with Crippen molar-refractivity contribution in [3.63, 3.8) is 0 Å². The van der Waals surface area contributed by atoms with Crippen LogP contribution in [-0.4, -0.2) is 40.8 Å². The fraction of sp³-hybridized carbons (Fsp3) is 0.222.